The molecule has 0 aliphatic carbocycles. The first kappa shape index (κ1) is 17.2. The molecule has 0 aliphatic heterocycles. The minimum Gasteiger partial charge on any atom is -0.462 e. The summed E-state index contributed by atoms with van der Waals surface area (Å²) in [5.74, 6) is -0.324. The normalized spacial score (nSPS) is 11.0. The van der Waals surface area contributed by atoms with Gasteiger partial charge in [-0.2, -0.15) is 10.2 Å². The van der Waals surface area contributed by atoms with Crippen LogP contribution in [0.1, 0.15) is 28.4 Å². The largest absolute Gasteiger partial charge is 0.462 e. The van der Waals surface area contributed by atoms with Crippen molar-refractivity contribution in [1.82, 2.24) is 0 Å². The zero-order valence-corrected chi connectivity index (χ0v) is 14.6. The van der Waals surface area contributed by atoms with E-state index in [0.29, 0.717) is 17.9 Å². The molecule has 0 N–H and O–H groups in total. The number of ether oxygens (including phenoxy) is 1. The summed E-state index contributed by atoms with van der Waals surface area (Å²) in [7, 11) is 0. The first-order valence-corrected chi connectivity index (χ1v) is 8.61. The molecule has 23 heavy (non-hydrogen) atoms. The Morgan fingerprint density at radius 1 is 1.09 bits per heavy atom. The zero-order valence-electron chi connectivity index (χ0n) is 13.8. The van der Waals surface area contributed by atoms with Crippen LogP contribution < -0.4 is 0 Å². The van der Waals surface area contributed by atoms with E-state index in [1.807, 2.05) is 13.8 Å². The number of aryl methyl sites for hydroxylation is 2. The molecule has 0 heterocycles. The summed E-state index contributed by atoms with van der Waals surface area (Å²) in [5.41, 5.74) is 4.30. The number of azo groups is 1. The third kappa shape index (κ3) is 4.42. The highest BCUT2D eigenvalue weighted by molar-refractivity contribution is 7.98. The van der Waals surface area contributed by atoms with Crippen LogP contribution >= 0.6 is 11.8 Å². The van der Waals surface area contributed by atoms with E-state index in [2.05, 4.69) is 28.6 Å². The van der Waals surface area contributed by atoms with E-state index in [-0.39, 0.29) is 5.97 Å². The molecule has 0 spiro atoms. The van der Waals surface area contributed by atoms with Crippen molar-refractivity contribution in [3.63, 3.8) is 0 Å². The van der Waals surface area contributed by atoms with Gasteiger partial charge in [0.25, 0.3) is 0 Å². The standard InChI is InChI=1S/C18H20N2O2S/c1-5-22-18(21)14-6-8-15(9-7-14)19-20-17-12(2)10-16(23-4)11-13(17)3/h6-11H,5H2,1-4H3/b20-19+. The summed E-state index contributed by atoms with van der Waals surface area (Å²) < 4.78 is 4.96. The summed E-state index contributed by atoms with van der Waals surface area (Å²) in [6.07, 6.45) is 2.06. The average molecular weight is 328 g/mol. The van der Waals surface area contributed by atoms with E-state index >= 15 is 0 Å². The quantitative estimate of drug-likeness (QED) is 0.407. The molecule has 4 nitrogen and oxygen atoms in total. The smallest absolute Gasteiger partial charge is 0.338 e. The lowest BCUT2D eigenvalue weighted by Crippen LogP contribution is -2.03. The Bertz CT molecular complexity index is 701. The molecule has 0 unspecified atom stereocenters. The van der Waals surface area contributed by atoms with Gasteiger partial charge in [0.05, 0.1) is 23.5 Å². The molecule has 0 radical (unpaired) electrons. The van der Waals surface area contributed by atoms with Gasteiger partial charge in [0.1, 0.15) is 0 Å². The maximum Gasteiger partial charge on any atom is 0.338 e. The van der Waals surface area contributed by atoms with Crippen molar-refractivity contribution in [2.45, 2.75) is 25.7 Å². The molecule has 5 heteroatoms. The number of hydrogen-bond acceptors (Lipinski definition) is 5. The summed E-state index contributed by atoms with van der Waals surface area (Å²) in [4.78, 5) is 12.8. The van der Waals surface area contributed by atoms with Gasteiger partial charge in [-0.3, -0.25) is 0 Å². The van der Waals surface area contributed by atoms with Crippen LogP contribution in [0.5, 0.6) is 0 Å². The van der Waals surface area contributed by atoms with Gasteiger partial charge in [0, 0.05) is 4.90 Å². The average Bonchev–Trinajstić information content (AvgIpc) is 2.54. The van der Waals surface area contributed by atoms with E-state index in [0.717, 1.165) is 16.8 Å². The van der Waals surface area contributed by atoms with Crippen molar-refractivity contribution >= 4 is 29.1 Å². The van der Waals surface area contributed by atoms with Crippen LogP contribution in [0, 0.1) is 13.8 Å². The van der Waals surface area contributed by atoms with E-state index < -0.39 is 0 Å². The lowest BCUT2D eigenvalue weighted by Gasteiger charge is -2.06. The topological polar surface area (TPSA) is 51.0 Å². The molecule has 0 aliphatic rings. The van der Waals surface area contributed by atoms with Crippen LogP contribution in [0.2, 0.25) is 0 Å². The molecule has 0 aromatic heterocycles. The molecular weight excluding hydrogens is 308 g/mol. The third-order valence-electron chi connectivity index (χ3n) is 3.34. The Kier molecular flexibility index (Phi) is 5.93. The van der Waals surface area contributed by atoms with Crippen molar-refractivity contribution in [2.75, 3.05) is 12.9 Å². The number of esters is 1. The van der Waals surface area contributed by atoms with E-state index in [4.69, 9.17) is 4.74 Å². The fourth-order valence-corrected chi connectivity index (χ4v) is 2.77. The molecule has 0 saturated heterocycles. The highest BCUT2D eigenvalue weighted by atomic mass is 32.2. The maximum atomic E-state index is 11.6. The van der Waals surface area contributed by atoms with Crippen LogP contribution in [0.4, 0.5) is 11.4 Å². The fourth-order valence-electron chi connectivity index (χ4n) is 2.18. The number of carbonyl (C=O) groups is 1. The Morgan fingerprint density at radius 2 is 1.70 bits per heavy atom. The summed E-state index contributed by atoms with van der Waals surface area (Å²) in [5, 5.41) is 8.63. The number of nitrogens with zero attached hydrogens (tertiary/aromatic N) is 2. The Balaban J connectivity index is 2.19. The van der Waals surface area contributed by atoms with Gasteiger partial charge in [0.2, 0.25) is 0 Å². The number of rotatable bonds is 5. The SMILES string of the molecule is CCOC(=O)c1ccc(/N=N/c2c(C)cc(SC)cc2C)cc1. The second kappa shape index (κ2) is 7.92. The van der Waals surface area contributed by atoms with Gasteiger partial charge >= 0.3 is 5.97 Å². The molecule has 0 bridgehead atoms. The van der Waals surface area contributed by atoms with E-state index in [9.17, 15) is 4.79 Å². The van der Waals surface area contributed by atoms with Crippen LogP contribution in [-0.2, 0) is 4.74 Å². The fraction of sp³-hybridized carbons (Fsp3) is 0.278. The maximum absolute atomic E-state index is 11.6. The molecule has 2 aromatic rings. The first-order valence-electron chi connectivity index (χ1n) is 7.39. The lowest BCUT2D eigenvalue weighted by atomic mass is 10.1. The van der Waals surface area contributed by atoms with Gasteiger partial charge < -0.3 is 4.74 Å². The molecule has 0 atom stereocenters. The molecule has 120 valence electrons. The van der Waals surface area contributed by atoms with Crippen molar-refractivity contribution in [3.8, 4) is 0 Å². The van der Waals surface area contributed by atoms with Crippen molar-refractivity contribution in [1.29, 1.82) is 0 Å². The Hall–Kier alpha value is -2.14. The molecule has 0 amide bonds. The number of hydrogen-bond donors (Lipinski definition) is 0. The van der Waals surface area contributed by atoms with Crippen molar-refractivity contribution in [3.05, 3.63) is 53.1 Å². The van der Waals surface area contributed by atoms with Crippen LogP contribution in [0.25, 0.3) is 0 Å². The van der Waals surface area contributed by atoms with Gasteiger partial charge in [-0.05, 0) is 74.6 Å². The minimum absolute atomic E-state index is 0.324. The van der Waals surface area contributed by atoms with Crippen molar-refractivity contribution < 1.29 is 9.53 Å². The number of carbonyl (C=O) groups excluding carboxylic acids is 1. The predicted molar refractivity (Wildman–Crippen MR) is 94.3 cm³/mol. The number of benzene rings is 2. The molecule has 0 fully saturated rings. The Morgan fingerprint density at radius 3 is 2.22 bits per heavy atom. The highest BCUT2D eigenvalue weighted by Gasteiger charge is 2.06. The Labute approximate surface area is 141 Å². The predicted octanol–water partition coefficient (Wildman–Crippen LogP) is 5.62. The van der Waals surface area contributed by atoms with E-state index in [1.54, 1.807) is 43.0 Å². The second-order valence-corrected chi connectivity index (χ2v) is 5.96. The van der Waals surface area contributed by atoms with Gasteiger partial charge in [0.15, 0.2) is 0 Å². The van der Waals surface area contributed by atoms with Crippen LogP contribution in [0.15, 0.2) is 51.5 Å². The molecule has 0 saturated carbocycles. The lowest BCUT2D eigenvalue weighted by molar-refractivity contribution is 0.0526. The second-order valence-electron chi connectivity index (χ2n) is 5.08. The molecule has 2 aromatic carbocycles. The van der Waals surface area contributed by atoms with E-state index in [1.165, 1.54) is 4.90 Å². The number of thioether (sulfide) groups is 1. The van der Waals surface area contributed by atoms with Crippen molar-refractivity contribution in [2.24, 2.45) is 10.2 Å². The van der Waals surface area contributed by atoms with Crippen LogP contribution in [-0.4, -0.2) is 18.8 Å². The summed E-state index contributed by atoms with van der Waals surface area (Å²) >= 11 is 1.71. The summed E-state index contributed by atoms with van der Waals surface area (Å²) in [6, 6.07) is 11.1. The first-order chi connectivity index (χ1) is 11.0. The summed E-state index contributed by atoms with van der Waals surface area (Å²) in [6.45, 7) is 6.22. The minimum atomic E-state index is -0.324. The monoisotopic (exact) mass is 328 g/mol. The zero-order chi connectivity index (χ0) is 16.8. The van der Waals surface area contributed by atoms with Gasteiger partial charge in [-0.1, -0.05) is 0 Å². The molecular formula is C18H20N2O2S. The highest BCUT2D eigenvalue weighted by Crippen LogP contribution is 2.30. The third-order valence-corrected chi connectivity index (χ3v) is 4.05. The van der Waals surface area contributed by atoms with Crippen LogP contribution in [0.3, 0.4) is 0 Å². The van der Waals surface area contributed by atoms with Gasteiger partial charge in [-0.25, -0.2) is 4.79 Å². The van der Waals surface area contributed by atoms with Gasteiger partial charge in [-0.15, -0.1) is 11.8 Å². The molecule has 2 rings (SSSR count).